The number of phenols is 1. The number of carbonyl (C=O) groups excluding carboxylic acids is 1. The van der Waals surface area contributed by atoms with Crippen molar-refractivity contribution in [2.45, 2.75) is 39.5 Å². The van der Waals surface area contributed by atoms with Crippen molar-refractivity contribution in [1.82, 2.24) is 0 Å². The molecule has 0 fully saturated rings. The molecule has 0 aromatic heterocycles. The lowest BCUT2D eigenvalue weighted by Crippen LogP contribution is -2.14. The van der Waals surface area contributed by atoms with Crippen molar-refractivity contribution in [3.8, 4) is 5.75 Å². The van der Waals surface area contributed by atoms with Gasteiger partial charge in [0.15, 0.2) is 0 Å². The number of hydrogen-bond donors (Lipinski definition) is 1. The van der Waals surface area contributed by atoms with Gasteiger partial charge in [-0.25, -0.2) is 4.79 Å². The molecule has 0 aliphatic rings. The van der Waals surface area contributed by atoms with Crippen LogP contribution in [0, 0.1) is 5.92 Å². The van der Waals surface area contributed by atoms with Crippen LogP contribution in [0.5, 0.6) is 5.75 Å². The number of rotatable bonds is 7. The predicted octanol–water partition coefficient (Wildman–Crippen LogP) is 3.77. The van der Waals surface area contributed by atoms with Crippen molar-refractivity contribution < 1.29 is 20.1 Å². The number of ether oxygens (including phenoxy) is 1. The Bertz CT molecular complexity index is 517. The molecule has 0 saturated carbocycles. The lowest BCUT2D eigenvalue weighted by Gasteiger charge is -2.14. The number of carbonyl (C=O) groups is 1. The van der Waals surface area contributed by atoms with E-state index in [1.807, 2.05) is 6.92 Å². The molecule has 0 saturated heterocycles. The molecule has 1 N–H and O–H groups in total. The number of aromatic hydroxyl groups is 1. The number of hydrogen-bond acceptors (Lipinski definition) is 3. The van der Waals surface area contributed by atoms with Crippen LogP contribution in [-0.4, -0.2) is 17.7 Å². The minimum Gasteiger partial charge on any atom is -0.507 e. The summed E-state index contributed by atoms with van der Waals surface area (Å²) in [5, 5.41) is 9.81. The Morgan fingerprint density at radius 1 is 1.44 bits per heavy atom. The van der Waals surface area contributed by atoms with Crippen molar-refractivity contribution in [2.24, 2.45) is 5.92 Å². The summed E-state index contributed by atoms with van der Waals surface area (Å²) in [4.78, 5) is 12.1. The average Bonchev–Trinajstić information content (AvgIpc) is 2.51. The first-order valence-electron chi connectivity index (χ1n) is 8.31. The van der Waals surface area contributed by atoms with Crippen LogP contribution >= 0.6 is 0 Å². The number of phenolic OH excluding ortho intramolecular Hbond substituents is 1. The van der Waals surface area contributed by atoms with E-state index in [-0.39, 0.29) is 12.5 Å². The fraction of sp³-hybridized carbons (Fsp3) is 0.533. The first-order valence-corrected chi connectivity index (χ1v) is 6.31. The molecule has 0 spiro atoms. The highest BCUT2D eigenvalue weighted by Crippen LogP contribution is 2.18. The van der Waals surface area contributed by atoms with Crippen molar-refractivity contribution in [2.75, 3.05) is 6.61 Å². The molecule has 0 amide bonds. The zero-order valence-electron chi connectivity index (χ0n) is 14.9. The largest absolute Gasteiger partial charge is 0.507 e. The molecule has 0 aliphatic carbocycles. The van der Waals surface area contributed by atoms with Crippen molar-refractivity contribution >= 4 is 5.97 Å². The summed E-state index contributed by atoms with van der Waals surface area (Å²) in [6.07, 6.45) is 3.87. The highest BCUT2D eigenvalue weighted by Gasteiger charge is 2.14. The van der Waals surface area contributed by atoms with Crippen LogP contribution in [-0.2, 0) is 4.74 Å². The Morgan fingerprint density at radius 2 is 2.17 bits per heavy atom. The number of para-hydroxylation sites is 1. The van der Waals surface area contributed by atoms with Crippen molar-refractivity contribution in [3.63, 3.8) is 0 Å². The molecule has 0 aliphatic heterocycles. The molecule has 0 bridgehead atoms. The quantitative estimate of drug-likeness (QED) is 0.753. The molecule has 3 nitrogen and oxygen atoms in total. The summed E-state index contributed by atoms with van der Waals surface area (Å²) < 4.78 is 35.3. The van der Waals surface area contributed by atoms with Crippen molar-refractivity contribution in [3.05, 3.63) is 29.7 Å². The van der Waals surface area contributed by atoms with E-state index in [2.05, 4.69) is 6.92 Å². The molecule has 18 heavy (non-hydrogen) atoms. The molecule has 3 heteroatoms. The third-order valence-electron chi connectivity index (χ3n) is 2.87. The second kappa shape index (κ2) is 7.75. The third kappa shape index (κ3) is 4.40. The van der Waals surface area contributed by atoms with E-state index in [9.17, 15) is 9.90 Å². The summed E-state index contributed by atoms with van der Waals surface area (Å²) in [6.45, 7) is 4.26. The minimum atomic E-state index is -0.917. The Labute approximate surface area is 114 Å². The number of unbranched alkanes of at least 4 members (excludes halogenated alkanes) is 1. The normalized spacial score (nSPS) is 15.2. The van der Waals surface area contributed by atoms with Gasteiger partial charge in [0.25, 0.3) is 0 Å². The third-order valence-corrected chi connectivity index (χ3v) is 2.87. The summed E-state index contributed by atoms with van der Waals surface area (Å²) in [7, 11) is 0. The fourth-order valence-electron chi connectivity index (χ4n) is 1.62. The highest BCUT2D eigenvalue weighted by atomic mass is 16.5. The maximum atomic E-state index is 12.1. The lowest BCUT2D eigenvalue weighted by molar-refractivity contribution is 0.0425. The van der Waals surface area contributed by atoms with E-state index in [1.54, 1.807) is 0 Å². The molecule has 100 valence electrons. The second-order valence-electron chi connectivity index (χ2n) is 4.24. The van der Waals surface area contributed by atoms with Gasteiger partial charge in [0.1, 0.15) is 11.3 Å². The maximum Gasteiger partial charge on any atom is 0.341 e. The monoisotopic (exact) mass is 254 g/mol. The van der Waals surface area contributed by atoms with Gasteiger partial charge in [0.05, 0.1) is 12.1 Å². The van der Waals surface area contributed by atoms with Gasteiger partial charge in [0.2, 0.25) is 0 Å². The fourth-order valence-corrected chi connectivity index (χ4v) is 1.62. The summed E-state index contributed by atoms with van der Waals surface area (Å²) in [5.74, 6) is -1.47. The molecular formula is C15H22O3. The molecule has 0 radical (unpaired) electrons. The van der Waals surface area contributed by atoms with Crippen LogP contribution in [0.4, 0.5) is 0 Å². The predicted molar refractivity (Wildman–Crippen MR) is 71.7 cm³/mol. The smallest absolute Gasteiger partial charge is 0.341 e. The van der Waals surface area contributed by atoms with Gasteiger partial charge < -0.3 is 9.84 Å². The van der Waals surface area contributed by atoms with Crippen LogP contribution in [0.2, 0.25) is 0 Å². The van der Waals surface area contributed by atoms with Crippen LogP contribution < -0.4 is 0 Å². The van der Waals surface area contributed by atoms with Crippen LogP contribution in [0.15, 0.2) is 24.2 Å². The molecule has 1 aromatic carbocycles. The minimum absolute atomic E-state index is 0.178. The van der Waals surface area contributed by atoms with Gasteiger partial charge in [-0.15, -0.1) is 0 Å². The van der Waals surface area contributed by atoms with Gasteiger partial charge in [0, 0.05) is 0 Å². The van der Waals surface area contributed by atoms with E-state index in [1.165, 1.54) is 0 Å². The van der Waals surface area contributed by atoms with Crippen LogP contribution in [0.1, 0.15) is 55.4 Å². The summed E-state index contributed by atoms with van der Waals surface area (Å²) >= 11 is 0. The van der Waals surface area contributed by atoms with E-state index < -0.39 is 41.5 Å². The van der Waals surface area contributed by atoms with Crippen molar-refractivity contribution in [1.29, 1.82) is 0 Å². The Kier molecular flexibility index (Phi) is 4.06. The first kappa shape index (κ1) is 9.42. The standard InChI is InChI=1S/C15H22O3/c1-3-5-8-12(4-2)11-18-15(17)13-9-6-7-10-14(13)16/h6-7,9-10,12,16H,3-5,8,11H2,1-2H3/i6D,7D,9D,10D. The Hall–Kier alpha value is -1.51. The van der Waals surface area contributed by atoms with Gasteiger partial charge in [-0.2, -0.15) is 0 Å². The van der Waals surface area contributed by atoms with Gasteiger partial charge in [-0.1, -0.05) is 45.2 Å². The molecule has 1 aromatic rings. The molecule has 0 heterocycles. The topological polar surface area (TPSA) is 46.5 Å². The van der Waals surface area contributed by atoms with E-state index in [0.717, 1.165) is 25.7 Å². The Balaban J connectivity index is 2.91. The van der Waals surface area contributed by atoms with E-state index >= 15 is 0 Å². The molecule has 1 atom stereocenters. The number of benzene rings is 1. The van der Waals surface area contributed by atoms with E-state index in [0.29, 0.717) is 0 Å². The average molecular weight is 254 g/mol. The molecule has 1 unspecified atom stereocenters. The zero-order valence-corrected chi connectivity index (χ0v) is 10.9. The first-order chi connectivity index (χ1) is 10.3. The highest BCUT2D eigenvalue weighted by molar-refractivity contribution is 5.92. The van der Waals surface area contributed by atoms with Gasteiger partial charge >= 0.3 is 5.97 Å². The maximum absolute atomic E-state index is 12.1. The zero-order chi connectivity index (χ0) is 16.9. The Morgan fingerprint density at radius 3 is 2.83 bits per heavy atom. The molecular weight excluding hydrogens is 228 g/mol. The molecule has 1 rings (SSSR count). The van der Waals surface area contributed by atoms with Crippen LogP contribution in [0.3, 0.4) is 0 Å². The SMILES string of the molecule is [2H]c1c([2H])c([2H])c(C(=O)OCC(CC)CCCC)c(O)c1[2H]. The van der Waals surface area contributed by atoms with E-state index in [4.69, 9.17) is 10.2 Å². The summed E-state index contributed by atoms with van der Waals surface area (Å²) in [6, 6.07) is -2.35. The second-order valence-corrected chi connectivity index (χ2v) is 4.24. The lowest BCUT2D eigenvalue weighted by atomic mass is 10.0. The van der Waals surface area contributed by atoms with Gasteiger partial charge in [-0.3, -0.25) is 0 Å². The van der Waals surface area contributed by atoms with Gasteiger partial charge in [-0.05, 0) is 24.4 Å². The summed E-state index contributed by atoms with van der Waals surface area (Å²) in [5.41, 5.74) is -0.503. The number of esters is 1. The van der Waals surface area contributed by atoms with Crippen LogP contribution in [0.25, 0.3) is 0 Å².